The van der Waals surface area contributed by atoms with Gasteiger partial charge in [0.25, 0.3) is 5.91 Å². The van der Waals surface area contributed by atoms with Gasteiger partial charge < -0.3 is 10.2 Å². The van der Waals surface area contributed by atoms with Crippen LogP contribution < -0.4 is 5.32 Å². The van der Waals surface area contributed by atoms with Crippen LogP contribution in [0.4, 0.5) is 0 Å². The number of thioether (sulfide) groups is 1. The average molecular weight is 408 g/mol. The molecular weight excluding hydrogens is 378 g/mol. The van der Waals surface area contributed by atoms with Crippen molar-refractivity contribution in [3.63, 3.8) is 0 Å². The minimum absolute atomic E-state index is 0.00351. The van der Waals surface area contributed by atoms with E-state index in [1.807, 2.05) is 48.5 Å². The Morgan fingerprint density at radius 1 is 1.03 bits per heavy atom. The zero-order valence-electron chi connectivity index (χ0n) is 16.9. The number of likely N-dealkylation sites (tertiary alicyclic amines) is 1. The molecule has 2 aromatic rings. The summed E-state index contributed by atoms with van der Waals surface area (Å²) in [5, 5.41) is 12.0. The molecule has 3 rings (SSSR count). The third-order valence-corrected chi connectivity index (χ3v) is 6.39. The Morgan fingerprint density at radius 3 is 2.48 bits per heavy atom. The first-order valence-corrected chi connectivity index (χ1v) is 11.5. The molecule has 4 nitrogen and oxygen atoms in total. The monoisotopic (exact) mass is 407 g/mol. The highest BCUT2D eigenvalue weighted by Gasteiger charge is 2.12. The van der Waals surface area contributed by atoms with Crippen LogP contribution in [0.1, 0.15) is 53.6 Å². The van der Waals surface area contributed by atoms with Crippen molar-refractivity contribution in [1.82, 2.24) is 10.2 Å². The number of rotatable bonds is 8. The van der Waals surface area contributed by atoms with Crippen LogP contribution in [0.3, 0.4) is 0 Å². The van der Waals surface area contributed by atoms with Gasteiger partial charge in [0.1, 0.15) is 0 Å². The highest BCUT2D eigenvalue weighted by atomic mass is 32.2. The maximum Gasteiger partial charge on any atom is 0.252 e. The van der Waals surface area contributed by atoms with Gasteiger partial charge in [0.05, 0.1) is 17.2 Å². The molecule has 29 heavy (non-hydrogen) atoms. The van der Waals surface area contributed by atoms with Gasteiger partial charge in [-0.15, -0.1) is 11.8 Å². The molecule has 0 radical (unpaired) electrons. The van der Waals surface area contributed by atoms with Gasteiger partial charge in [0, 0.05) is 17.2 Å². The zero-order chi connectivity index (χ0) is 20.3. The lowest BCUT2D eigenvalue weighted by Gasteiger charge is -2.19. The molecule has 2 aromatic carbocycles. The van der Waals surface area contributed by atoms with Crippen LogP contribution in [0.25, 0.3) is 0 Å². The fourth-order valence-electron chi connectivity index (χ4n) is 3.58. The largest absolute Gasteiger partial charge is 0.352 e. The molecule has 0 bridgehead atoms. The Hall–Kier alpha value is -2.29. The maximum absolute atomic E-state index is 12.7. The highest BCUT2D eigenvalue weighted by Crippen LogP contribution is 2.26. The van der Waals surface area contributed by atoms with Gasteiger partial charge in [-0.3, -0.25) is 4.79 Å². The van der Waals surface area contributed by atoms with E-state index in [2.05, 4.69) is 16.3 Å². The number of nitrogens with zero attached hydrogens (tertiary/aromatic N) is 2. The van der Waals surface area contributed by atoms with Gasteiger partial charge in [-0.1, -0.05) is 37.1 Å². The lowest BCUT2D eigenvalue weighted by molar-refractivity contribution is 0.0948. The van der Waals surface area contributed by atoms with E-state index in [4.69, 9.17) is 5.26 Å². The number of amides is 1. The summed E-state index contributed by atoms with van der Waals surface area (Å²) >= 11 is 1.65. The van der Waals surface area contributed by atoms with Crippen molar-refractivity contribution >= 4 is 17.7 Å². The second-order valence-corrected chi connectivity index (χ2v) is 8.48. The molecule has 1 aliphatic heterocycles. The number of benzene rings is 2. The first kappa shape index (κ1) is 21.4. The maximum atomic E-state index is 12.7. The summed E-state index contributed by atoms with van der Waals surface area (Å²) in [6.45, 7) is 4.17. The molecule has 0 aromatic heterocycles. The average Bonchev–Trinajstić information content (AvgIpc) is 3.04. The Balaban J connectivity index is 1.48. The normalized spacial score (nSPS) is 14.7. The number of carbonyl (C=O) groups excluding carboxylic acids is 1. The summed E-state index contributed by atoms with van der Waals surface area (Å²) < 4.78 is 0. The van der Waals surface area contributed by atoms with E-state index in [0.29, 0.717) is 12.1 Å². The van der Waals surface area contributed by atoms with Crippen molar-refractivity contribution in [1.29, 1.82) is 5.26 Å². The SMILES string of the molecule is N#Cc1ccc(CSc2ccccc2C(=O)NCCCN2CCCCCC2)cc1. The van der Waals surface area contributed by atoms with E-state index in [1.165, 1.54) is 38.8 Å². The minimum atomic E-state index is 0.00351. The number of hydrogen-bond donors (Lipinski definition) is 1. The van der Waals surface area contributed by atoms with Crippen LogP contribution >= 0.6 is 11.8 Å². The molecule has 152 valence electrons. The standard InChI is InChI=1S/C24H29N3OS/c25-18-20-10-12-21(13-11-20)19-29-23-9-4-3-8-22(23)24(28)26-14-7-17-27-15-5-1-2-6-16-27/h3-4,8-13H,1-2,5-7,14-17,19H2,(H,26,28). The topological polar surface area (TPSA) is 56.1 Å². The summed E-state index contributed by atoms with van der Waals surface area (Å²) in [6.07, 6.45) is 6.30. The van der Waals surface area contributed by atoms with Crippen molar-refractivity contribution in [2.75, 3.05) is 26.2 Å². The van der Waals surface area contributed by atoms with Gasteiger partial charge in [-0.2, -0.15) is 5.26 Å². The van der Waals surface area contributed by atoms with Crippen LogP contribution in [0.2, 0.25) is 0 Å². The second kappa shape index (κ2) is 11.6. The van der Waals surface area contributed by atoms with E-state index in [9.17, 15) is 4.79 Å². The predicted molar refractivity (Wildman–Crippen MR) is 119 cm³/mol. The van der Waals surface area contributed by atoms with E-state index >= 15 is 0 Å². The Morgan fingerprint density at radius 2 is 1.76 bits per heavy atom. The van der Waals surface area contributed by atoms with Crippen LogP contribution in [0.15, 0.2) is 53.4 Å². The van der Waals surface area contributed by atoms with Crippen LogP contribution in [-0.4, -0.2) is 37.0 Å². The summed E-state index contributed by atoms with van der Waals surface area (Å²) in [4.78, 5) is 16.2. The van der Waals surface area contributed by atoms with Crippen molar-refractivity contribution in [3.8, 4) is 6.07 Å². The molecule has 1 N–H and O–H groups in total. The minimum Gasteiger partial charge on any atom is -0.352 e. The number of hydrogen-bond acceptors (Lipinski definition) is 4. The van der Waals surface area contributed by atoms with Crippen molar-refractivity contribution < 1.29 is 4.79 Å². The van der Waals surface area contributed by atoms with Gasteiger partial charge in [-0.25, -0.2) is 0 Å². The molecule has 1 heterocycles. The summed E-state index contributed by atoms with van der Waals surface area (Å²) in [5.74, 6) is 0.772. The van der Waals surface area contributed by atoms with Gasteiger partial charge in [-0.05, 0) is 68.7 Å². The zero-order valence-corrected chi connectivity index (χ0v) is 17.7. The second-order valence-electron chi connectivity index (χ2n) is 7.46. The molecule has 1 saturated heterocycles. The van der Waals surface area contributed by atoms with Gasteiger partial charge >= 0.3 is 0 Å². The molecule has 1 aliphatic rings. The number of nitriles is 1. The molecule has 0 unspecified atom stereocenters. The first-order chi connectivity index (χ1) is 14.3. The summed E-state index contributed by atoms with van der Waals surface area (Å²) in [7, 11) is 0. The van der Waals surface area contributed by atoms with E-state index in [1.54, 1.807) is 11.8 Å². The summed E-state index contributed by atoms with van der Waals surface area (Å²) in [6, 6.07) is 17.5. The van der Waals surface area contributed by atoms with E-state index in [-0.39, 0.29) is 5.91 Å². The molecule has 0 saturated carbocycles. The highest BCUT2D eigenvalue weighted by molar-refractivity contribution is 7.98. The van der Waals surface area contributed by atoms with Gasteiger partial charge in [0.2, 0.25) is 0 Å². The molecular formula is C24H29N3OS. The molecule has 0 spiro atoms. The Bertz CT molecular complexity index is 821. The quantitative estimate of drug-likeness (QED) is 0.502. The van der Waals surface area contributed by atoms with Crippen molar-refractivity contribution in [3.05, 3.63) is 65.2 Å². The lowest BCUT2D eigenvalue weighted by atomic mass is 10.2. The van der Waals surface area contributed by atoms with E-state index < -0.39 is 0 Å². The van der Waals surface area contributed by atoms with E-state index in [0.717, 1.165) is 34.7 Å². The smallest absolute Gasteiger partial charge is 0.252 e. The first-order valence-electron chi connectivity index (χ1n) is 10.5. The van der Waals surface area contributed by atoms with Crippen molar-refractivity contribution in [2.24, 2.45) is 0 Å². The Kier molecular flexibility index (Phi) is 8.60. The fraction of sp³-hybridized carbons (Fsp3) is 0.417. The van der Waals surface area contributed by atoms with Crippen LogP contribution in [0.5, 0.6) is 0 Å². The summed E-state index contributed by atoms with van der Waals surface area (Å²) in [5.41, 5.74) is 2.54. The fourth-order valence-corrected chi connectivity index (χ4v) is 4.58. The van der Waals surface area contributed by atoms with Crippen LogP contribution in [0, 0.1) is 11.3 Å². The van der Waals surface area contributed by atoms with Gasteiger partial charge in [0.15, 0.2) is 0 Å². The molecule has 1 amide bonds. The number of nitrogens with one attached hydrogen (secondary N) is 1. The molecule has 1 fully saturated rings. The number of carbonyl (C=O) groups is 1. The third-order valence-electron chi connectivity index (χ3n) is 5.24. The molecule has 0 atom stereocenters. The van der Waals surface area contributed by atoms with Crippen LogP contribution in [-0.2, 0) is 5.75 Å². The molecule has 0 aliphatic carbocycles. The predicted octanol–water partition coefficient (Wildman–Crippen LogP) is 4.85. The van der Waals surface area contributed by atoms with Crippen molar-refractivity contribution in [2.45, 2.75) is 42.8 Å². The third kappa shape index (κ3) is 6.92. The Labute approximate surface area is 178 Å². The molecule has 5 heteroatoms. The lowest BCUT2D eigenvalue weighted by Crippen LogP contribution is -2.30.